The minimum atomic E-state index is -0.745. The van der Waals surface area contributed by atoms with Crippen LogP contribution in [0.4, 0.5) is 0 Å². The number of hydrogen-bond acceptors (Lipinski definition) is 3. The number of carboxylic acids is 1. The summed E-state index contributed by atoms with van der Waals surface area (Å²) in [6, 6.07) is 0. The van der Waals surface area contributed by atoms with Crippen LogP contribution >= 0.6 is 0 Å². The van der Waals surface area contributed by atoms with Crippen molar-refractivity contribution < 1.29 is 9.90 Å². The van der Waals surface area contributed by atoms with Crippen molar-refractivity contribution in [1.82, 2.24) is 15.5 Å². The van der Waals surface area contributed by atoms with Crippen LogP contribution in [0.2, 0.25) is 0 Å². The lowest BCUT2D eigenvalue weighted by atomic mass is 9.91. The molecular formula is C10H15N3O2. The number of aryl methyl sites for hydroxylation is 1. The maximum absolute atomic E-state index is 11.0. The fraction of sp³-hybridized carbons (Fsp3) is 0.600. The van der Waals surface area contributed by atoms with Gasteiger partial charge in [0.2, 0.25) is 0 Å². The van der Waals surface area contributed by atoms with Crippen LogP contribution in [0.3, 0.4) is 0 Å². The summed E-state index contributed by atoms with van der Waals surface area (Å²) in [7, 11) is 0. The number of carboxylic acid groups (broad SMARTS) is 1. The lowest BCUT2D eigenvalue weighted by Gasteiger charge is -2.12. The van der Waals surface area contributed by atoms with E-state index in [1.54, 1.807) is 0 Å². The van der Waals surface area contributed by atoms with Crippen LogP contribution in [0.15, 0.2) is 0 Å². The van der Waals surface area contributed by atoms with E-state index in [0.29, 0.717) is 13.1 Å². The minimum Gasteiger partial charge on any atom is -0.481 e. The van der Waals surface area contributed by atoms with E-state index in [2.05, 4.69) is 15.5 Å². The first-order valence-corrected chi connectivity index (χ1v) is 5.06. The fourth-order valence-electron chi connectivity index (χ4n) is 2.09. The molecule has 0 bridgehead atoms. The van der Waals surface area contributed by atoms with Gasteiger partial charge in [0.25, 0.3) is 0 Å². The normalized spacial score (nSPS) is 25.7. The van der Waals surface area contributed by atoms with Gasteiger partial charge in [-0.25, -0.2) is 0 Å². The van der Waals surface area contributed by atoms with Gasteiger partial charge in [0.15, 0.2) is 0 Å². The monoisotopic (exact) mass is 209 g/mol. The summed E-state index contributed by atoms with van der Waals surface area (Å²) in [5.41, 5.74) is 2.99. The zero-order valence-corrected chi connectivity index (χ0v) is 8.87. The standard InChI is InChI=1S/C10H15N3O2/c1-5-6(2)12-13-9(5)7-3-11-4-8(7)10(14)15/h7-8,11H,3-4H2,1-2H3,(H,12,13)(H,14,15). The van der Waals surface area contributed by atoms with Gasteiger partial charge in [0.1, 0.15) is 0 Å². The number of rotatable bonds is 2. The van der Waals surface area contributed by atoms with Crippen LogP contribution in [-0.2, 0) is 4.79 Å². The first-order chi connectivity index (χ1) is 7.11. The SMILES string of the molecule is Cc1[nH]nc(C2CNCC2C(=O)O)c1C. The molecule has 82 valence electrons. The average Bonchev–Trinajstić information content (AvgIpc) is 2.75. The van der Waals surface area contributed by atoms with Gasteiger partial charge in [0.05, 0.1) is 11.6 Å². The molecule has 1 aromatic rings. The van der Waals surface area contributed by atoms with Crippen LogP contribution in [-0.4, -0.2) is 34.4 Å². The van der Waals surface area contributed by atoms with Crippen molar-refractivity contribution >= 4 is 5.97 Å². The van der Waals surface area contributed by atoms with Gasteiger partial charge >= 0.3 is 5.97 Å². The maximum atomic E-state index is 11.0. The molecule has 2 heterocycles. The van der Waals surface area contributed by atoms with Gasteiger partial charge in [-0.3, -0.25) is 9.89 Å². The number of H-pyrrole nitrogens is 1. The molecule has 2 unspecified atom stereocenters. The second-order valence-electron chi connectivity index (χ2n) is 4.07. The summed E-state index contributed by atoms with van der Waals surface area (Å²) in [6.45, 7) is 5.16. The van der Waals surface area contributed by atoms with E-state index < -0.39 is 5.97 Å². The zero-order chi connectivity index (χ0) is 11.0. The first-order valence-electron chi connectivity index (χ1n) is 5.06. The number of nitrogens with zero attached hydrogens (tertiary/aromatic N) is 1. The quantitative estimate of drug-likeness (QED) is 0.659. The molecule has 0 radical (unpaired) electrons. The summed E-state index contributed by atoms with van der Waals surface area (Å²) in [5.74, 6) is -1.11. The van der Waals surface area contributed by atoms with Gasteiger partial charge in [-0.1, -0.05) is 0 Å². The van der Waals surface area contributed by atoms with E-state index in [-0.39, 0.29) is 11.8 Å². The molecule has 1 aliphatic heterocycles. The highest BCUT2D eigenvalue weighted by atomic mass is 16.4. The number of aromatic nitrogens is 2. The Morgan fingerprint density at radius 3 is 2.73 bits per heavy atom. The largest absolute Gasteiger partial charge is 0.481 e. The zero-order valence-electron chi connectivity index (χ0n) is 8.87. The summed E-state index contributed by atoms with van der Waals surface area (Å²) in [6.07, 6.45) is 0. The van der Waals surface area contributed by atoms with Crippen LogP contribution in [0, 0.1) is 19.8 Å². The third-order valence-electron chi connectivity index (χ3n) is 3.17. The fourth-order valence-corrected chi connectivity index (χ4v) is 2.09. The number of nitrogens with one attached hydrogen (secondary N) is 2. The second kappa shape index (κ2) is 3.66. The van der Waals surface area contributed by atoms with Crippen molar-refractivity contribution in [1.29, 1.82) is 0 Å². The van der Waals surface area contributed by atoms with Crippen LogP contribution in [0.5, 0.6) is 0 Å². The van der Waals surface area contributed by atoms with Crippen LogP contribution < -0.4 is 5.32 Å². The van der Waals surface area contributed by atoms with E-state index >= 15 is 0 Å². The summed E-state index contributed by atoms with van der Waals surface area (Å²) < 4.78 is 0. The maximum Gasteiger partial charge on any atom is 0.308 e. The Morgan fingerprint density at radius 2 is 2.20 bits per heavy atom. The van der Waals surface area contributed by atoms with Gasteiger partial charge in [0, 0.05) is 24.7 Å². The number of aromatic amines is 1. The summed E-state index contributed by atoms with van der Waals surface area (Å²) in [5, 5.41) is 19.3. The third kappa shape index (κ3) is 1.63. The van der Waals surface area contributed by atoms with Gasteiger partial charge in [-0.05, 0) is 19.4 Å². The van der Waals surface area contributed by atoms with Crippen LogP contribution in [0.1, 0.15) is 22.9 Å². The lowest BCUT2D eigenvalue weighted by Crippen LogP contribution is -2.21. The molecule has 15 heavy (non-hydrogen) atoms. The van der Waals surface area contributed by atoms with E-state index in [1.807, 2.05) is 13.8 Å². The second-order valence-corrected chi connectivity index (χ2v) is 4.07. The molecule has 0 amide bonds. The smallest absolute Gasteiger partial charge is 0.308 e. The number of aliphatic carboxylic acids is 1. The molecule has 1 aromatic heterocycles. The Kier molecular flexibility index (Phi) is 2.48. The number of carbonyl (C=O) groups is 1. The van der Waals surface area contributed by atoms with Crippen LogP contribution in [0.25, 0.3) is 0 Å². The molecule has 1 fully saturated rings. The molecule has 1 saturated heterocycles. The van der Waals surface area contributed by atoms with Crippen molar-refractivity contribution in [3.63, 3.8) is 0 Å². The molecule has 3 N–H and O–H groups in total. The first kappa shape index (κ1) is 10.2. The molecule has 0 spiro atoms. The van der Waals surface area contributed by atoms with Gasteiger partial charge in [-0.2, -0.15) is 5.10 Å². The highest BCUT2D eigenvalue weighted by molar-refractivity contribution is 5.72. The van der Waals surface area contributed by atoms with Crippen molar-refractivity contribution in [2.75, 3.05) is 13.1 Å². The van der Waals surface area contributed by atoms with Gasteiger partial charge in [-0.15, -0.1) is 0 Å². The molecule has 5 heteroatoms. The van der Waals surface area contributed by atoms with E-state index in [9.17, 15) is 4.79 Å². The third-order valence-corrected chi connectivity index (χ3v) is 3.17. The predicted octanol–water partition coefficient (Wildman–Crippen LogP) is 0.414. The number of hydrogen-bond donors (Lipinski definition) is 3. The predicted molar refractivity (Wildman–Crippen MR) is 54.8 cm³/mol. The minimum absolute atomic E-state index is 0.00699. The molecule has 5 nitrogen and oxygen atoms in total. The summed E-state index contributed by atoms with van der Waals surface area (Å²) in [4.78, 5) is 11.0. The van der Waals surface area contributed by atoms with Crippen molar-refractivity contribution in [3.8, 4) is 0 Å². The lowest BCUT2D eigenvalue weighted by molar-refractivity contribution is -0.141. The molecule has 0 aliphatic carbocycles. The van der Waals surface area contributed by atoms with Gasteiger partial charge < -0.3 is 10.4 Å². The Hall–Kier alpha value is -1.36. The van der Waals surface area contributed by atoms with Crippen molar-refractivity contribution in [2.24, 2.45) is 5.92 Å². The Morgan fingerprint density at radius 1 is 1.47 bits per heavy atom. The molecule has 1 aliphatic rings. The highest BCUT2D eigenvalue weighted by Gasteiger charge is 2.36. The molecular weight excluding hydrogens is 194 g/mol. The van der Waals surface area contributed by atoms with E-state index in [4.69, 9.17) is 5.11 Å². The molecule has 0 aromatic carbocycles. The van der Waals surface area contributed by atoms with E-state index in [1.165, 1.54) is 0 Å². The molecule has 0 saturated carbocycles. The topological polar surface area (TPSA) is 78.0 Å². The Balaban J connectivity index is 2.30. The molecule has 2 rings (SSSR count). The van der Waals surface area contributed by atoms with Crippen molar-refractivity contribution in [2.45, 2.75) is 19.8 Å². The van der Waals surface area contributed by atoms with Crippen molar-refractivity contribution in [3.05, 3.63) is 17.0 Å². The molecule has 2 atom stereocenters. The Labute approximate surface area is 87.9 Å². The Bertz CT molecular complexity index is 386. The highest BCUT2D eigenvalue weighted by Crippen LogP contribution is 2.29. The summed E-state index contributed by atoms with van der Waals surface area (Å²) >= 11 is 0. The average molecular weight is 209 g/mol. The van der Waals surface area contributed by atoms with E-state index in [0.717, 1.165) is 17.0 Å².